The highest BCUT2D eigenvalue weighted by Gasteiger charge is 2.22. The van der Waals surface area contributed by atoms with Crippen LogP contribution in [0.4, 0.5) is 17.5 Å². The van der Waals surface area contributed by atoms with Crippen LogP contribution in [0.5, 0.6) is 0 Å². The average molecular weight is 248 g/mol. The number of nitrogens with two attached hydrogens (primary N) is 1. The lowest BCUT2D eigenvalue weighted by Gasteiger charge is -2.15. The Morgan fingerprint density at radius 2 is 2.25 bits per heavy atom. The monoisotopic (exact) mass is 247 g/mol. The van der Waals surface area contributed by atoms with Crippen LogP contribution in [0, 0.1) is 10.1 Å². The minimum atomic E-state index is -0.760. The Balaban J connectivity index is 3.15. The Morgan fingerprint density at radius 3 is 2.75 bits per heavy atom. The standard InChI is InChI=1S/C7H10ClN5O3/c1-12(2-3-14)6-4(8)10-7(13(15)16)5(9)11-6/h14H,2-3H2,1H3,(H2,9,11). The molecule has 0 saturated heterocycles. The molecule has 0 fully saturated rings. The molecule has 0 radical (unpaired) electrons. The summed E-state index contributed by atoms with van der Waals surface area (Å²) in [6, 6.07) is 0. The number of halogens is 1. The van der Waals surface area contributed by atoms with Gasteiger partial charge in [0.05, 0.1) is 6.61 Å². The Labute approximate surface area is 95.8 Å². The Kier molecular flexibility index (Phi) is 3.80. The topological polar surface area (TPSA) is 118 Å². The van der Waals surface area contributed by atoms with Crippen molar-refractivity contribution < 1.29 is 10.0 Å². The van der Waals surface area contributed by atoms with Gasteiger partial charge in [0, 0.05) is 13.6 Å². The molecule has 0 aromatic carbocycles. The van der Waals surface area contributed by atoms with Crippen LogP contribution >= 0.6 is 11.6 Å². The summed E-state index contributed by atoms with van der Waals surface area (Å²) >= 11 is 5.72. The number of nitrogens with zero attached hydrogens (tertiary/aromatic N) is 4. The minimum absolute atomic E-state index is 0.106. The van der Waals surface area contributed by atoms with E-state index in [2.05, 4.69) is 9.97 Å². The first-order chi connectivity index (χ1) is 7.47. The van der Waals surface area contributed by atoms with Crippen molar-refractivity contribution in [1.82, 2.24) is 9.97 Å². The highest BCUT2D eigenvalue weighted by Crippen LogP contribution is 2.26. The molecule has 9 heteroatoms. The second kappa shape index (κ2) is 4.90. The van der Waals surface area contributed by atoms with Crippen molar-refractivity contribution in [3.8, 4) is 0 Å². The second-order valence-electron chi connectivity index (χ2n) is 2.95. The van der Waals surface area contributed by atoms with Gasteiger partial charge in [-0.1, -0.05) is 0 Å². The number of aromatic nitrogens is 2. The molecular formula is C7H10ClN5O3. The predicted molar refractivity (Wildman–Crippen MR) is 58.5 cm³/mol. The van der Waals surface area contributed by atoms with Gasteiger partial charge in [-0.3, -0.25) is 0 Å². The molecule has 0 unspecified atom stereocenters. The maximum Gasteiger partial charge on any atom is 0.408 e. The fourth-order valence-electron chi connectivity index (χ4n) is 1.04. The molecule has 0 aliphatic heterocycles. The number of nitro groups is 1. The molecule has 1 aromatic rings. The van der Waals surface area contributed by atoms with Crippen molar-refractivity contribution in [2.45, 2.75) is 0 Å². The third-order valence-corrected chi connectivity index (χ3v) is 2.07. The number of hydrogen-bond acceptors (Lipinski definition) is 7. The Hall–Kier alpha value is -1.67. The van der Waals surface area contributed by atoms with Crippen LogP contribution < -0.4 is 10.6 Å². The lowest BCUT2D eigenvalue weighted by Crippen LogP contribution is -2.23. The van der Waals surface area contributed by atoms with E-state index < -0.39 is 10.7 Å². The van der Waals surface area contributed by atoms with Gasteiger partial charge >= 0.3 is 5.82 Å². The molecule has 1 heterocycles. The van der Waals surface area contributed by atoms with Crippen molar-refractivity contribution in [2.24, 2.45) is 0 Å². The fraction of sp³-hybridized carbons (Fsp3) is 0.429. The number of nitrogen functional groups attached to an aromatic ring is 1. The van der Waals surface area contributed by atoms with E-state index >= 15 is 0 Å². The average Bonchev–Trinajstić information content (AvgIpc) is 2.20. The van der Waals surface area contributed by atoms with Crippen LogP contribution in [0.3, 0.4) is 0 Å². The maximum atomic E-state index is 10.5. The summed E-state index contributed by atoms with van der Waals surface area (Å²) in [7, 11) is 1.61. The van der Waals surface area contributed by atoms with Crippen molar-refractivity contribution >= 4 is 29.1 Å². The van der Waals surface area contributed by atoms with Crippen LogP contribution in [-0.4, -0.2) is 40.2 Å². The molecule has 0 aliphatic rings. The molecule has 3 N–H and O–H groups in total. The SMILES string of the molecule is CN(CCO)c1nc(N)c([N+](=O)[O-])nc1Cl. The van der Waals surface area contributed by atoms with Gasteiger partial charge in [0.15, 0.2) is 5.82 Å². The van der Waals surface area contributed by atoms with E-state index in [1.807, 2.05) is 0 Å². The van der Waals surface area contributed by atoms with Crippen molar-refractivity contribution in [3.63, 3.8) is 0 Å². The summed E-state index contributed by atoms with van der Waals surface area (Å²) in [5.74, 6) is -0.695. The van der Waals surface area contributed by atoms with E-state index in [9.17, 15) is 10.1 Å². The zero-order chi connectivity index (χ0) is 12.3. The fourth-order valence-corrected chi connectivity index (χ4v) is 1.31. The Morgan fingerprint density at radius 1 is 1.62 bits per heavy atom. The van der Waals surface area contributed by atoms with E-state index in [-0.39, 0.29) is 29.9 Å². The highest BCUT2D eigenvalue weighted by atomic mass is 35.5. The Bertz CT molecular complexity index is 413. The maximum absolute atomic E-state index is 10.5. The molecule has 1 rings (SSSR count). The number of anilines is 2. The van der Waals surface area contributed by atoms with Crippen LogP contribution in [0.1, 0.15) is 0 Å². The van der Waals surface area contributed by atoms with E-state index in [0.29, 0.717) is 0 Å². The van der Waals surface area contributed by atoms with Gasteiger partial charge in [-0.25, -0.2) is 4.98 Å². The number of likely N-dealkylation sites (N-methyl/N-ethyl adjacent to an activating group) is 1. The van der Waals surface area contributed by atoms with Crippen LogP contribution in [0.25, 0.3) is 0 Å². The van der Waals surface area contributed by atoms with Crippen LogP contribution in [0.15, 0.2) is 0 Å². The van der Waals surface area contributed by atoms with E-state index in [1.165, 1.54) is 4.90 Å². The van der Waals surface area contributed by atoms with Gasteiger partial charge in [0.1, 0.15) is 0 Å². The molecule has 88 valence electrons. The molecule has 8 nitrogen and oxygen atoms in total. The summed E-state index contributed by atoms with van der Waals surface area (Å²) in [6.07, 6.45) is 0. The third kappa shape index (κ3) is 2.47. The number of hydrogen-bond donors (Lipinski definition) is 2. The molecule has 0 amide bonds. The first kappa shape index (κ1) is 12.4. The normalized spacial score (nSPS) is 10.2. The molecule has 0 atom stereocenters. The van der Waals surface area contributed by atoms with Gasteiger partial charge in [-0.05, 0) is 21.5 Å². The molecule has 1 aromatic heterocycles. The van der Waals surface area contributed by atoms with Crippen LogP contribution in [0.2, 0.25) is 5.15 Å². The molecular weight excluding hydrogens is 238 g/mol. The van der Waals surface area contributed by atoms with Crippen molar-refractivity contribution in [3.05, 3.63) is 15.3 Å². The van der Waals surface area contributed by atoms with Crippen molar-refractivity contribution in [1.29, 1.82) is 0 Å². The van der Waals surface area contributed by atoms with Gasteiger partial charge in [-0.2, -0.15) is 0 Å². The summed E-state index contributed by atoms with van der Waals surface area (Å²) < 4.78 is 0. The number of aliphatic hydroxyl groups is 1. The molecule has 0 spiro atoms. The van der Waals surface area contributed by atoms with Crippen LogP contribution in [-0.2, 0) is 0 Å². The van der Waals surface area contributed by atoms with Gasteiger partial charge in [0.2, 0.25) is 5.82 Å². The first-order valence-corrected chi connectivity index (χ1v) is 4.64. The smallest absolute Gasteiger partial charge is 0.395 e. The van der Waals surface area contributed by atoms with Gasteiger partial charge in [0.25, 0.3) is 5.15 Å². The zero-order valence-corrected chi connectivity index (χ0v) is 9.18. The quantitative estimate of drug-likeness (QED) is 0.570. The first-order valence-electron chi connectivity index (χ1n) is 4.26. The lowest BCUT2D eigenvalue weighted by atomic mass is 10.5. The largest absolute Gasteiger partial charge is 0.408 e. The van der Waals surface area contributed by atoms with E-state index in [1.54, 1.807) is 7.05 Å². The third-order valence-electron chi connectivity index (χ3n) is 1.81. The predicted octanol–water partition coefficient (Wildman–Crippen LogP) is 0.0489. The number of rotatable bonds is 4. The second-order valence-corrected chi connectivity index (χ2v) is 3.31. The summed E-state index contributed by atoms with van der Waals surface area (Å²) in [6.45, 7) is 0.164. The van der Waals surface area contributed by atoms with Crippen molar-refractivity contribution in [2.75, 3.05) is 30.8 Å². The number of aliphatic hydroxyl groups excluding tert-OH is 1. The van der Waals surface area contributed by atoms with E-state index in [0.717, 1.165) is 0 Å². The highest BCUT2D eigenvalue weighted by molar-refractivity contribution is 6.31. The summed E-state index contributed by atoms with van der Waals surface area (Å²) in [4.78, 5) is 18.5. The van der Waals surface area contributed by atoms with Gasteiger partial charge in [-0.15, -0.1) is 0 Å². The molecule has 0 bridgehead atoms. The van der Waals surface area contributed by atoms with E-state index in [4.69, 9.17) is 22.4 Å². The summed E-state index contributed by atoms with van der Waals surface area (Å²) in [5, 5.41) is 19.1. The molecule has 0 aliphatic carbocycles. The zero-order valence-electron chi connectivity index (χ0n) is 8.42. The minimum Gasteiger partial charge on any atom is -0.395 e. The lowest BCUT2D eigenvalue weighted by molar-refractivity contribution is -0.388. The van der Waals surface area contributed by atoms with Gasteiger partial charge < -0.3 is 25.9 Å². The summed E-state index contributed by atoms with van der Waals surface area (Å²) in [5.41, 5.74) is 5.36. The molecule has 16 heavy (non-hydrogen) atoms. The molecule has 0 saturated carbocycles.